The van der Waals surface area contributed by atoms with Gasteiger partial charge in [-0.1, -0.05) is 15.9 Å². The summed E-state index contributed by atoms with van der Waals surface area (Å²) < 4.78 is 18.5. The zero-order valence-corrected chi connectivity index (χ0v) is 13.0. The number of carbonyl (C=O) groups is 1. The molecule has 20 heavy (non-hydrogen) atoms. The van der Waals surface area contributed by atoms with Crippen LogP contribution in [-0.2, 0) is 0 Å². The maximum absolute atomic E-state index is 13.6. The third-order valence-electron chi connectivity index (χ3n) is 3.46. The number of alkyl halides is 1. The number of amides is 1. The van der Waals surface area contributed by atoms with Crippen molar-refractivity contribution in [3.8, 4) is 5.75 Å². The standard InChI is InChI=1S/C14H18BrFN2O2/c1-20-13-3-2-11(10-12(13)16)14(19)18-8-6-17(5-4-15)7-9-18/h2-3,10H,4-9H2,1H3. The molecule has 0 atom stereocenters. The van der Waals surface area contributed by atoms with Gasteiger partial charge >= 0.3 is 0 Å². The fraction of sp³-hybridized carbons (Fsp3) is 0.500. The van der Waals surface area contributed by atoms with Gasteiger partial charge < -0.3 is 9.64 Å². The van der Waals surface area contributed by atoms with Crippen LogP contribution in [0.5, 0.6) is 5.75 Å². The fourth-order valence-electron chi connectivity index (χ4n) is 2.28. The fourth-order valence-corrected chi connectivity index (χ4v) is 2.78. The van der Waals surface area contributed by atoms with Crippen LogP contribution in [0.25, 0.3) is 0 Å². The van der Waals surface area contributed by atoms with Gasteiger partial charge in [-0.25, -0.2) is 4.39 Å². The molecular formula is C14H18BrFN2O2. The number of nitrogens with zero attached hydrogens (tertiary/aromatic N) is 2. The normalized spacial score (nSPS) is 16.2. The monoisotopic (exact) mass is 344 g/mol. The molecule has 110 valence electrons. The van der Waals surface area contributed by atoms with Crippen LogP contribution in [0.3, 0.4) is 0 Å². The number of piperazine rings is 1. The lowest BCUT2D eigenvalue weighted by Gasteiger charge is -2.34. The number of hydrogen-bond acceptors (Lipinski definition) is 3. The van der Waals surface area contributed by atoms with E-state index < -0.39 is 5.82 Å². The van der Waals surface area contributed by atoms with Gasteiger partial charge in [0, 0.05) is 43.6 Å². The van der Waals surface area contributed by atoms with Crippen molar-refractivity contribution in [2.45, 2.75) is 0 Å². The van der Waals surface area contributed by atoms with Crippen molar-refractivity contribution in [3.05, 3.63) is 29.6 Å². The van der Waals surface area contributed by atoms with E-state index in [1.165, 1.54) is 19.2 Å². The summed E-state index contributed by atoms with van der Waals surface area (Å²) in [6, 6.07) is 4.34. The van der Waals surface area contributed by atoms with E-state index in [-0.39, 0.29) is 11.7 Å². The van der Waals surface area contributed by atoms with Gasteiger partial charge in [0.2, 0.25) is 0 Å². The summed E-state index contributed by atoms with van der Waals surface area (Å²) in [4.78, 5) is 16.4. The first-order chi connectivity index (χ1) is 9.65. The van der Waals surface area contributed by atoms with Crippen LogP contribution < -0.4 is 4.74 Å². The molecule has 1 amide bonds. The predicted molar refractivity (Wildman–Crippen MR) is 79.1 cm³/mol. The summed E-state index contributed by atoms with van der Waals surface area (Å²) in [5, 5.41) is 0.935. The van der Waals surface area contributed by atoms with Crippen molar-refractivity contribution >= 4 is 21.8 Å². The van der Waals surface area contributed by atoms with Gasteiger partial charge in [-0.2, -0.15) is 0 Å². The molecule has 0 N–H and O–H groups in total. The highest BCUT2D eigenvalue weighted by Crippen LogP contribution is 2.19. The first kappa shape index (κ1) is 15.3. The molecular weight excluding hydrogens is 327 g/mol. The first-order valence-corrected chi connectivity index (χ1v) is 7.69. The van der Waals surface area contributed by atoms with Gasteiger partial charge in [-0.3, -0.25) is 9.69 Å². The van der Waals surface area contributed by atoms with Crippen molar-refractivity contribution in [1.82, 2.24) is 9.80 Å². The number of hydrogen-bond donors (Lipinski definition) is 0. The Labute approximate surface area is 126 Å². The summed E-state index contributed by atoms with van der Waals surface area (Å²) >= 11 is 3.41. The minimum absolute atomic E-state index is 0.120. The molecule has 0 bridgehead atoms. The summed E-state index contributed by atoms with van der Waals surface area (Å²) in [6.45, 7) is 4.06. The van der Waals surface area contributed by atoms with E-state index in [1.807, 2.05) is 0 Å². The molecule has 0 aromatic heterocycles. The van der Waals surface area contributed by atoms with Crippen molar-refractivity contribution in [2.24, 2.45) is 0 Å². The Morgan fingerprint density at radius 1 is 1.35 bits per heavy atom. The molecule has 1 saturated heterocycles. The smallest absolute Gasteiger partial charge is 0.254 e. The molecule has 0 aliphatic carbocycles. The SMILES string of the molecule is COc1ccc(C(=O)N2CCN(CCBr)CC2)cc1F. The van der Waals surface area contributed by atoms with E-state index >= 15 is 0 Å². The van der Waals surface area contributed by atoms with Crippen LogP contribution in [0.1, 0.15) is 10.4 Å². The Morgan fingerprint density at radius 2 is 2.05 bits per heavy atom. The molecule has 1 fully saturated rings. The Kier molecular flexibility index (Phi) is 5.37. The number of ether oxygens (including phenoxy) is 1. The quantitative estimate of drug-likeness (QED) is 0.783. The molecule has 0 spiro atoms. The molecule has 4 nitrogen and oxygen atoms in total. The lowest BCUT2D eigenvalue weighted by atomic mass is 10.1. The molecule has 1 aliphatic heterocycles. The summed E-state index contributed by atoms with van der Waals surface area (Å²) in [5.74, 6) is -0.468. The Balaban J connectivity index is 2.00. The number of rotatable bonds is 4. The molecule has 1 heterocycles. The van der Waals surface area contributed by atoms with E-state index in [9.17, 15) is 9.18 Å². The molecule has 6 heteroatoms. The highest BCUT2D eigenvalue weighted by atomic mass is 79.9. The van der Waals surface area contributed by atoms with Crippen LogP contribution in [0, 0.1) is 5.82 Å². The number of halogens is 2. The van der Waals surface area contributed by atoms with Crippen LogP contribution >= 0.6 is 15.9 Å². The first-order valence-electron chi connectivity index (χ1n) is 6.57. The molecule has 1 aliphatic rings. The Morgan fingerprint density at radius 3 is 2.60 bits per heavy atom. The van der Waals surface area contributed by atoms with Gasteiger partial charge in [-0.15, -0.1) is 0 Å². The molecule has 2 rings (SSSR count). The lowest BCUT2D eigenvalue weighted by Crippen LogP contribution is -2.49. The topological polar surface area (TPSA) is 32.8 Å². The maximum Gasteiger partial charge on any atom is 0.254 e. The van der Waals surface area contributed by atoms with E-state index in [0.29, 0.717) is 18.7 Å². The van der Waals surface area contributed by atoms with Crippen molar-refractivity contribution in [2.75, 3.05) is 45.2 Å². The summed E-state index contributed by atoms with van der Waals surface area (Å²) in [6.07, 6.45) is 0. The second kappa shape index (κ2) is 7.04. The molecule has 1 aromatic carbocycles. The average molecular weight is 345 g/mol. The maximum atomic E-state index is 13.6. The van der Waals surface area contributed by atoms with Gasteiger partial charge in [0.1, 0.15) is 0 Å². The second-order valence-corrected chi connectivity index (χ2v) is 5.47. The minimum Gasteiger partial charge on any atom is -0.494 e. The Bertz CT molecular complexity index is 476. The van der Waals surface area contributed by atoms with Crippen LogP contribution in [0.4, 0.5) is 4.39 Å². The van der Waals surface area contributed by atoms with E-state index in [1.54, 1.807) is 11.0 Å². The molecule has 0 radical (unpaired) electrons. The zero-order chi connectivity index (χ0) is 14.5. The van der Waals surface area contributed by atoms with Crippen molar-refractivity contribution < 1.29 is 13.9 Å². The van der Waals surface area contributed by atoms with Crippen LogP contribution in [0.15, 0.2) is 18.2 Å². The largest absolute Gasteiger partial charge is 0.494 e. The summed E-state index contributed by atoms with van der Waals surface area (Å²) in [7, 11) is 1.41. The Hall–Kier alpha value is -1.14. The molecule has 1 aromatic rings. The number of benzene rings is 1. The van der Waals surface area contributed by atoms with Crippen LogP contribution in [0.2, 0.25) is 0 Å². The minimum atomic E-state index is -0.503. The second-order valence-electron chi connectivity index (χ2n) is 4.67. The van der Waals surface area contributed by atoms with Crippen LogP contribution in [-0.4, -0.2) is 60.9 Å². The number of methoxy groups -OCH3 is 1. The van der Waals surface area contributed by atoms with Crippen molar-refractivity contribution in [3.63, 3.8) is 0 Å². The highest BCUT2D eigenvalue weighted by Gasteiger charge is 2.22. The van der Waals surface area contributed by atoms with E-state index in [2.05, 4.69) is 20.8 Å². The van der Waals surface area contributed by atoms with Gasteiger partial charge in [0.05, 0.1) is 7.11 Å². The highest BCUT2D eigenvalue weighted by molar-refractivity contribution is 9.09. The third-order valence-corrected chi connectivity index (χ3v) is 3.81. The summed E-state index contributed by atoms with van der Waals surface area (Å²) in [5.41, 5.74) is 0.372. The van der Waals surface area contributed by atoms with Gasteiger partial charge in [-0.05, 0) is 18.2 Å². The molecule has 0 saturated carbocycles. The van der Waals surface area contributed by atoms with E-state index in [0.717, 1.165) is 25.0 Å². The zero-order valence-electron chi connectivity index (χ0n) is 11.4. The van der Waals surface area contributed by atoms with Gasteiger partial charge in [0.15, 0.2) is 11.6 Å². The number of carbonyl (C=O) groups excluding carboxylic acids is 1. The lowest BCUT2D eigenvalue weighted by molar-refractivity contribution is 0.0644. The predicted octanol–water partition coefficient (Wildman–Crippen LogP) is 1.99. The molecule has 0 unspecified atom stereocenters. The van der Waals surface area contributed by atoms with Crippen molar-refractivity contribution in [1.29, 1.82) is 0 Å². The van der Waals surface area contributed by atoms with Gasteiger partial charge in [0.25, 0.3) is 5.91 Å². The average Bonchev–Trinajstić information content (AvgIpc) is 2.47. The van der Waals surface area contributed by atoms with E-state index in [4.69, 9.17) is 4.74 Å². The third kappa shape index (κ3) is 3.49.